The molecule has 0 saturated heterocycles. The molecule has 0 aliphatic rings. The number of alkyl halides is 3. The molecule has 0 fully saturated rings. The number of halogens is 3. The Morgan fingerprint density at radius 1 is 1.29 bits per heavy atom. The van der Waals surface area contributed by atoms with Gasteiger partial charge in [0, 0.05) is 24.3 Å². The van der Waals surface area contributed by atoms with Crippen LogP contribution in [0.4, 0.5) is 18.9 Å². The van der Waals surface area contributed by atoms with Gasteiger partial charge >= 0.3 is 6.18 Å². The molecule has 0 radical (unpaired) electrons. The zero-order valence-corrected chi connectivity index (χ0v) is 12.9. The second kappa shape index (κ2) is 7.61. The molecule has 1 aromatic rings. The highest BCUT2D eigenvalue weighted by molar-refractivity contribution is 7.80. The summed E-state index contributed by atoms with van der Waals surface area (Å²) in [5.41, 5.74) is 4.80. The molecule has 3 nitrogen and oxygen atoms in total. The first-order valence-corrected chi connectivity index (χ1v) is 7.17. The van der Waals surface area contributed by atoms with Crippen LogP contribution in [0.15, 0.2) is 18.2 Å². The average Bonchev–Trinajstić information content (AvgIpc) is 2.42. The van der Waals surface area contributed by atoms with Gasteiger partial charge in [-0.15, -0.1) is 0 Å². The Bertz CT molecular complexity index is 485. The second-order valence-electron chi connectivity index (χ2n) is 4.58. The lowest BCUT2D eigenvalue weighted by Gasteiger charge is -2.19. The number of likely N-dealkylation sites (N-methyl/N-ethyl adjacent to an activating group) is 1. The van der Waals surface area contributed by atoms with Crippen LogP contribution in [0.5, 0.6) is 0 Å². The summed E-state index contributed by atoms with van der Waals surface area (Å²) in [6, 6.07) is 3.92. The third kappa shape index (κ3) is 5.17. The van der Waals surface area contributed by atoms with E-state index in [2.05, 4.69) is 22.4 Å². The fourth-order valence-electron chi connectivity index (χ4n) is 2.00. The zero-order valence-electron chi connectivity index (χ0n) is 12.1. The van der Waals surface area contributed by atoms with Crippen molar-refractivity contribution in [1.82, 2.24) is 4.90 Å². The molecule has 7 heteroatoms. The molecule has 0 spiro atoms. The first kappa shape index (κ1) is 17.7. The minimum absolute atomic E-state index is 0.146. The fraction of sp³-hybridized carbons (Fsp3) is 0.500. The van der Waals surface area contributed by atoms with Crippen molar-refractivity contribution in [3.8, 4) is 0 Å². The standard InChI is InChI=1S/C14H20F3N3S/c1-3-20(4-2)8-7-19-10-5-6-11(13(18)21)12(9-10)14(15,16)17/h5-6,9,19H,3-4,7-8H2,1-2H3,(H2,18,21). The summed E-state index contributed by atoms with van der Waals surface area (Å²) in [5, 5.41) is 3.00. The molecule has 0 bridgehead atoms. The van der Waals surface area contributed by atoms with Crippen LogP contribution in [0.1, 0.15) is 25.0 Å². The number of rotatable bonds is 7. The maximum Gasteiger partial charge on any atom is 0.417 e. The summed E-state index contributed by atoms with van der Waals surface area (Å²) in [7, 11) is 0. The van der Waals surface area contributed by atoms with Gasteiger partial charge in [0.1, 0.15) is 4.99 Å². The molecule has 1 aromatic carbocycles. The van der Waals surface area contributed by atoms with Crippen LogP contribution in [0.25, 0.3) is 0 Å². The van der Waals surface area contributed by atoms with Gasteiger partial charge in [0.25, 0.3) is 0 Å². The fourth-order valence-corrected chi connectivity index (χ4v) is 2.18. The van der Waals surface area contributed by atoms with Gasteiger partial charge in [0.05, 0.1) is 5.56 Å². The molecule has 0 atom stereocenters. The first-order valence-electron chi connectivity index (χ1n) is 6.76. The molecule has 21 heavy (non-hydrogen) atoms. The van der Waals surface area contributed by atoms with Gasteiger partial charge in [-0.1, -0.05) is 26.1 Å². The Morgan fingerprint density at radius 3 is 2.38 bits per heavy atom. The quantitative estimate of drug-likeness (QED) is 0.758. The van der Waals surface area contributed by atoms with Gasteiger partial charge in [-0.3, -0.25) is 0 Å². The maximum atomic E-state index is 13.0. The van der Waals surface area contributed by atoms with E-state index in [1.165, 1.54) is 6.07 Å². The Morgan fingerprint density at radius 2 is 1.90 bits per heavy atom. The van der Waals surface area contributed by atoms with Crippen molar-refractivity contribution >= 4 is 22.9 Å². The topological polar surface area (TPSA) is 41.3 Å². The third-order valence-electron chi connectivity index (χ3n) is 3.24. The van der Waals surface area contributed by atoms with E-state index in [1.807, 2.05) is 13.8 Å². The molecule has 1 rings (SSSR count). The summed E-state index contributed by atoms with van der Waals surface area (Å²) in [6.45, 7) is 7.25. The van der Waals surface area contributed by atoms with E-state index < -0.39 is 11.7 Å². The molecule has 0 aliphatic carbocycles. The SMILES string of the molecule is CCN(CC)CCNc1ccc(C(N)=S)c(C(F)(F)F)c1. The van der Waals surface area contributed by atoms with E-state index in [0.29, 0.717) is 12.2 Å². The van der Waals surface area contributed by atoms with Crippen LogP contribution in [0.2, 0.25) is 0 Å². The normalized spacial score (nSPS) is 11.7. The molecule has 0 unspecified atom stereocenters. The Labute approximate surface area is 128 Å². The van der Waals surface area contributed by atoms with Crippen LogP contribution in [0.3, 0.4) is 0 Å². The average molecular weight is 319 g/mol. The number of nitrogens with zero attached hydrogens (tertiary/aromatic N) is 1. The van der Waals surface area contributed by atoms with Gasteiger partial charge in [-0.25, -0.2) is 0 Å². The second-order valence-corrected chi connectivity index (χ2v) is 5.02. The molecule has 0 heterocycles. The summed E-state index contributed by atoms with van der Waals surface area (Å²) < 4.78 is 39.0. The summed E-state index contributed by atoms with van der Waals surface area (Å²) in [4.78, 5) is 1.93. The number of hydrogen-bond donors (Lipinski definition) is 2. The molecule has 0 aliphatic heterocycles. The Balaban J connectivity index is 2.84. The third-order valence-corrected chi connectivity index (χ3v) is 3.46. The molecule has 3 N–H and O–H groups in total. The lowest BCUT2D eigenvalue weighted by molar-refractivity contribution is -0.137. The predicted octanol–water partition coefficient (Wildman–Crippen LogP) is 3.09. The van der Waals surface area contributed by atoms with E-state index in [1.54, 1.807) is 6.07 Å². The van der Waals surface area contributed by atoms with Crippen LogP contribution >= 0.6 is 12.2 Å². The molecule has 118 valence electrons. The minimum atomic E-state index is -4.48. The van der Waals surface area contributed by atoms with Gasteiger partial charge in [-0.2, -0.15) is 13.2 Å². The summed E-state index contributed by atoms with van der Waals surface area (Å²) in [5.74, 6) is 0. The molecule has 0 amide bonds. The molecule has 0 saturated carbocycles. The predicted molar refractivity (Wildman–Crippen MR) is 83.6 cm³/mol. The highest BCUT2D eigenvalue weighted by atomic mass is 32.1. The van der Waals surface area contributed by atoms with Crippen molar-refractivity contribution in [2.75, 3.05) is 31.5 Å². The number of thiocarbonyl (C=S) groups is 1. The first-order chi connectivity index (χ1) is 9.79. The number of hydrogen-bond acceptors (Lipinski definition) is 3. The largest absolute Gasteiger partial charge is 0.417 e. The maximum absolute atomic E-state index is 13.0. The number of nitrogens with one attached hydrogen (secondary N) is 1. The van der Waals surface area contributed by atoms with Crippen LogP contribution in [-0.4, -0.2) is 36.1 Å². The summed E-state index contributed by atoms with van der Waals surface area (Å²) in [6.07, 6.45) is -4.48. The summed E-state index contributed by atoms with van der Waals surface area (Å²) >= 11 is 4.67. The van der Waals surface area contributed by atoms with Crippen molar-refractivity contribution < 1.29 is 13.2 Å². The van der Waals surface area contributed by atoms with E-state index in [9.17, 15) is 13.2 Å². The van der Waals surface area contributed by atoms with Gasteiger partial charge in [0.2, 0.25) is 0 Å². The lowest BCUT2D eigenvalue weighted by atomic mass is 10.1. The zero-order chi connectivity index (χ0) is 16.0. The van der Waals surface area contributed by atoms with Crippen molar-refractivity contribution in [3.63, 3.8) is 0 Å². The van der Waals surface area contributed by atoms with Crippen LogP contribution in [0, 0.1) is 0 Å². The van der Waals surface area contributed by atoms with Crippen molar-refractivity contribution in [2.45, 2.75) is 20.0 Å². The molecular formula is C14H20F3N3S. The number of benzene rings is 1. The van der Waals surface area contributed by atoms with E-state index in [-0.39, 0.29) is 10.6 Å². The Hall–Kier alpha value is -1.34. The van der Waals surface area contributed by atoms with Crippen LogP contribution < -0.4 is 11.1 Å². The number of anilines is 1. The Kier molecular flexibility index (Phi) is 6.42. The lowest BCUT2D eigenvalue weighted by Crippen LogP contribution is -2.28. The van der Waals surface area contributed by atoms with Crippen molar-refractivity contribution in [2.24, 2.45) is 5.73 Å². The smallest absolute Gasteiger partial charge is 0.389 e. The number of nitrogens with two attached hydrogens (primary N) is 1. The van der Waals surface area contributed by atoms with E-state index in [4.69, 9.17) is 5.73 Å². The van der Waals surface area contributed by atoms with E-state index in [0.717, 1.165) is 25.7 Å². The van der Waals surface area contributed by atoms with Gasteiger partial charge in [0.15, 0.2) is 0 Å². The monoisotopic (exact) mass is 319 g/mol. The minimum Gasteiger partial charge on any atom is -0.389 e. The van der Waals surface area contributed by atoms with Gasteiger partial charge < -0.3 is 16.0 Å². The van der Waals surface area contributed by atoms with Crippen molar-refractivity contribution in [3.05, 3.63) is 29.3 Å². The van der Waals surface area contributed by atoms with Gasteiger partial charge in [-0.05, 0) is 31.3 Å². The highest BCUT2D eigenvalue weighted by Crippen LogP contribution is 2.33. The highest BCUT2D eigenvalue weighted by Gasteiger charge is 2.34. The van der Waals surface area contributed by atoms with Crippen LogP contribution in [-0.2, 0) is 6.18 Å². The van der Waals surface area contributed by atoms with E-state index >= 15 is 0 Å². The van der Waals surface area contributed by atoms with Crippen molar-refractivity contribution in [1.29, 1.82) is 0 Å². The molecule has 0 aromatic heterocycles. The molecular weight excluding hydrogens is 299 g/mol.